The normalized spacial score (nSPS) is 32.0. The maximum atomic E-state index is 11.1. The van der Waals surface area contributed by atoms with Crippen molar-refractivity contribution in [1.82, 2.24) is 9.96 Å². The Hall–Kier alpha value is -0.620. The van der Waals surface area contributed by atoms with Crippen LogP contribution in [0.3, 0.4) is 0 Å². The van der Waals surface area contributed by atoms with Gasteiger partial charge in [-0.3, -0.25) is 9.69 Å². The Bertz CT molecular complexity index is 228. The Morgan fingerprint density at radius 2 is 2.00 bits per heavy atom. The van der Waals surface area contributed by atoms with Crippen LogP contribution in [0.15, 0.2) is 0 Å². The molecule has 0 saturated carbocycles. The summed E-state index contributed by atoms with van der Waals surface area (Å²) in [6.45, 7) is 1.34. The first-order valence-electron chi connectivity index (χ1n) is 2.87. The predicted octanol–water partition coefficient (Wildman–Crippen LogP) is 0.489. The molecule has 5 nitrogen and oxygen atoms in total. The van der Waals surface area contributed by atoms with Gasteiger partial charge in [-0.25, -0.2) is 4.79 Å². The van der Waals surface area contributed by atoms with Gasteiger partial charge in [0, 0.05) is 7.05 Å². The molecule has 0 spiro atoms. The van der Waals surface area contributed by atoms with Gasteiger partial charge in [0.2, 0.25) is 0 Å². The van der Waals surface area contributed by atoms with Gasteiger partial charge < -0.3 is 10.3 Å². The lowest BCUT2D eigenvalue weighted by Gasteiger charge is -2.30. The molecule has 1 unspecified atom stereocenters. The standard InChI is InChI=1S/C5H6BrN2O3/c1-5(6)3(9)7(2)4(10)8(5)11/h1-2H3/q-1. The number of halogens is 1. The summed E-state index contributed by atoms with van der Waals surface area (Å²) in [5.41, 5.74) is 0. The molecule has 3 amide bonds. The highest BCUT2D eigenvalue weighted by atomic mass is 79.9. The third-order valence-electron chi connectivity index (χ3n) is 1.54. The minimum atomic E-state index is -1.42. The van der Waals surface area contributed by atoms with Crippen LogP contribution >= 0.6 is 15.9 Å². The van der Waals surface area contributed by atoms with Gasteiger partial charge in [-0.1, -0.05) is 15.9 Å². The molecule has 1 saturated heterocycles. The Morgan fingerprint density at radius 1 is 1.55 bits per heavy atom. The number of amides is 3. The molecule has 1 atom stereocenters. The lowest BCUT2D eigenvalue weighted by atomic mass is 10.3. The lowest BCUT2D eigenvalue weighted by molar-refractivity contribution is -0.127. The largest absolute Gasteiger partial charge is 0.754 e. The van der Waals surface area contributed by atoms with E-state index >= 15 is 0 Å². The third-order valence-corrected chi connectivity index (χ3v) is 2.20. The smallest absolute Gasteiger partial charge is 0.317 e. The van der Waals surface area contributed by atoms with E-state index in [1.807, 2.05) is 0 Å². The number of carbonyl (C=O) groups excluding carboxylic acids is 2. The first-order valence-corrected chi connectivity index (χ1v) is 3.66. The fraction of sp³-hybridized carbons (Fsp3) is 0.600. The molecule has 1 aliphatic heterocycles. The van der Waals surface area contributed by atoms with Crippen molar-refractivity contribution in [3.63, 3.8) is 0 Å². The molecule has 0 aliphatic carbocycles. The highest BCUT2D eigenvalue weighted by molar-refractivity contribution is 9.10. The van der Waals surface area contributed by atoms with E-state index in [4.69, 9.17) is 0 Å². The number of hydrogen-bond donors (Lipinski definition) is 0. The molecule has 62 valence electrons. The first kappa shape index (κ1) is 8.48. The number of alkyl halides is 1. The van der Waals surface area contributed by atoms with E-state index in [2.05, 4.69) is 15.9 Å². The van der Waals surface area contributed by atoms with Crippen LogP contribution in [-0.2, 0) is 4.79 Å². The number of carbonyl (C=O) groups is 2. The molecule has 0 aromatic rings. The Kier molecular flexibility index (Phi) is 1.68. The number of nitrogens with zero attached hydrogens (tertiary/aromatic N) is 2. The Morgan fingerprint density at radius 3 is 2.09 bits per heavy atom. The minimum Gasteiger partial charge on any atom is -0.754 e. The topological polar surface area (TPSA) is 63.7 Å². The van der Waals surface area contributed by atoms with Crippen molar-refractivity contribution in [2.24, 2.45) is 0 Å². The van der Waals surface area contributed by atoms with E-state index < -0.39 is 16.4 Å². The summed E-state index contributed by atoms with van der Waals surface area (Å²) >= 11 is 2.86. The fourth-order valence-electron chi connectivity index (χ4n) is 0.796. The molecule has 0 radical (unpaired) electrons. The van der Waals surface area contributed by atoms with Crippen molar-refractivity contribution < 1.29 is 9.59 Å². The second kappa shape index (κ2) is 2.18. The minimum absolute atomic E-state index is 0.106. The van der Waals surface area contributed by atoms with Gasteiger partial charge in [0.05, 0.1) is 0 Å². The average molecular weight is 222 g/mol. The van der Waals surface area contributed by atoms with Gasteiger partial charge >= 0.3 is 6.03 Å². The fourth-order valence-corrected chi connectivity index (χ4v) is 1.21. The van der Waals surface area contributed by atoms with Gasteiger partial charge in [0.1, 0.15) is 0 Å². The van der Waals surface area contributed by atoms with Crippen molar-refractivity contribution in [3.8, 4) is 0 Å². The van der Waals surface area contributed by atoms with Crippen molar-refractivity contribution in [3.05, 3.63) is 5.21 Å². The van der Waals surface area contributed by atoms with Crippen LogP contribution in [0.2, 0.25) is 0 Å². The maximum Gasteiger partial charge on any atom is 0.317 e. The Labute approximate surface area is 71.7 Å². The second-order valence-electron chi connectivity index (χ2n) is 2.39. The molecule has 1 rings (SSSR count). The van der Waals surface area contributed by atoms with Crippen LogP contribution in [0.1, 0.15) is 6.92 Å². The quantitative estimate of drug-likeness (QED) is 0.340. The van der Waals surface area contributed by atoms with E-state index in [-0.39, 0.29) is 5.06 Å². The van der Waals surface area contributed by atoms with Crippen LogP contribution in [0, 0.1) is 5.21 Å². The van der Waals surface area contributed by atoms with Gasteiger partial charge in [-0.2, -0.15) is 0 Å². The van der Waals surface area contributed by atoms with Crippen LogP contribution in [0.4, 0.5) is 4.79 Å². The summed E-state index contributed by atoms with van der Waals surface area (Å²) < 4.78 is -1.42. The van der Waals surface area contributed by atoms with Gasteiger partial charge in [0.25, 0.3) is 5.91 Å². The molecule has 0 aromatic carbocycles. The van der Waals surface area contributed by atoms with Crippen molar-refractivity contribution in [1.29, 1.82) is 0 Å². The molecule has 0 bridgehead atoms. The van der Waals surface area contributed by atoms with E-state index in [0.29, 0.717) is 0 Å². The molecular formula is C5H6BrN2O3-. The second-order valence-corrected chi connectivity index (χ2v) is 3.94. The number of hydroxylamine groups is 2. The molecular weight excluding hydrogens is 216 g/mol. The highest BCUT2D eigenvalue weighted by Gasteiger charge is 2.46. The monoisotopic (exact) mass is 221 g/mol. The predicted molar refractivity (Wildman–Crippen MR) is 40.7 cm³/mol. The van der Waals surface area contributed by atoms with Crippen LogP contribution in [-0.4, -0.2) is 33.4 Å². The van der Waals surface area contributed by atoms with E-state index in [9.17, 15) is 14.8 Å². The van der Waals surface area contributed by atoms with Crippen LogP contribution in [0.25, 0.3) is 0 Å². The van der Waals surface area contributed by atoms with E-state index in [1.54, 1.807) is 0 Å². The van der Waals surface area contributed by atoms with Crippen LogP contribution in [0.5, 0.6) is 0 Å². The molecule has 1 heterocycles. The lowest BCUT2D eigenvalue weighted by Crippen LogP contribution is -2.37. The summed E-state index contributed by atoms with van der Waals surface area (Å²) in [6.07, 6.45) is 0. The number of urea groups is 1. The Balaban J connectivity index is 3.06. The zero-order valence-electron chi connectivity index (χ0n) is 6.00. The van der Waals surface area contributed by atoms with Crippen LogP contribution < -0.4 is 0 Å². The highest BCUT2D eigenvalue weighted by Crippen LogP contribution is 2.31. The maximum absolute atomic E-state index is 11.1. The molecule has 6 heteroatoms. The zero-order valence-corrected chi connectivity index (χ0v) is 7.58. The summed E-state index contributed by atoms with van der Waals surface area (Å²) in [6, 6.07) is -0.839. The molecule has 1 fully saturated rings. The van der Waals surface area contributed by atoms with Crippen molar-refractivity contribution >= 4 is 27.9 Å². The van der Waals surface area contributed by atoms with Gasteiger partial charge in [0.15, 0.2) is 4.45 Å². The first-order chi connectivity index (χ1) is 4.89. The van der Waals surface area contributed by atoms with Gasteiger partial charge in [-0.05, 0) is 6.92 Å². The number of rotatable bonds is 0. The summed E-state index contributed by atoms with van der Waals surface area (Å²) in [5.74, 6) is -0.544. The van der Waals surface area contributed by atoms with E-state index in [0.717, 1.165) is 4.90 Å². The number of hydrogen-bond acceptors (Lipinski definition) is 3. The SMILES string of the molecule is CN1C(=O)N([O-])C(C)(Br)C1=O. The summed E-state index contributed by atoms with van der Waals surface area (Å²) in [4.78, 5) is 22.7. The number of imide groups is 1. The summed E-state index contributed by atoms with van der Waals surface area (Å²) in [5, 5.41) is 11.0. The molecule has 1 aliphatic rings. The average Bonchev–Trinajstić information content (AvgIpc) is 2.06. The van der Waals surface area contributed by atoms with Gasteiger partial charge in [-0.15, -0.1) is 0 Å². The van der Waals surface area contributed by atoms with Crippen molar-refractivity contribution in [2.75, 3.05) is 7.05 Å². The zero-order chi connectivity index (χ0) is 8.81. The third kappa shape index (κ3) is 0.935. The summed E-state index contributed by atoms with van der Waals surface area (Å²) in [7, 11) is 1.27. The van der Waals surface area contributed by atoms with E-state index in [1.165, 1.54) is 14.0 Å². The molecule has 0 N–H and O–H groups in total. The molecule has 0 aromatic heterocycles. The number of likely N-dealkylation sites (N-methyl/N-ethyl adjacent to an activating group) is 1. The molecule has 11 heavy (non-hydrogen) atoms. The van der Waals surface area contributed by atoms with Crippen molar-refractivity contribution in [2.45, 2.75) is 11.4 Å².